The molecule has 0 aromatic heterocycles. The van der Waals surface area contributed by atoms with Crippen molar-refractivity contribution >= 4 is 23.5 Å². The van der Waals surface area contributed by atoms with Crippen LogP contribution >= 0.6 is 11.6 Å². The van der Waals surface area contributed by atoms with E-state index in [4.69, 9.17) is 16.7 Å². The fourth-order valence-electron chi connectivity index (χ4n) is 2.32. The van der Waals surface area contributed by atoms with Gasteiger partial charge in [0, 0.05) is 11.6 Å². The first kappa shape index (κ1) is 13.8. The molecule has 1 saturated carbocycles. The largest absolute Gasteiger partial charge is 0.481 e. The van der Waals surface area contributed by atoms with Crippen LogP contribution in [-0.4, -0.2) is 23.0 Å². The average Bonchev–Trinajstić information content (AvgIpc) is 2.80. The summed E-state index contributed by atoms with van der Waals surface area (Å²) in [5.41, 5.74) is 0.224. The van der Waals surface area contributed by atoms with Gasteiger partial charge in [-0.25, -0.2) is 4.39 Å². The molecule has 4 nitrogen and oxygen atoms in total. The first-order valence-electron chi connectivity index (χ1n) is 5.98. The zero-order chi connectivity index (χ0) is 14.0. The zero-order valence-corrected chi connectivity index (χ0v) is 10.8. The molecule has 19 heavy (non-hydrogen) atoms. The minimum atomic E-state index is -0.903. The standard InChI is InChI=1S/C13H13ClFNO3/c14-9-6-7(4-5-10(9)15)12(17)16-11-3-1-2-8(11)13(18)19/h4-6,8,11H,1-3H2,(H,16,17)(H,18,19)/t8-,11+/m1/s1. The van der Waals surface area contributed by atoms with Gasteiger partial charge in [0.2, 0.25) is 0 Å². The Hall–Kier alpha value is -1.62. The maximum atomic E-state index is 13.0. The van der Waals surface area contributed by atoms with Crippen molar-refractivity contribution in [3.05, 3.63) is 34.6 Å². The second kappa shape index (κ2) is 5.57. The molecule has 0 spiro atoms. The lowest BCUT2D eigenvalue weighted by molar-refractivity contribution is -0.142. The van der Waals surface area contributed by atoms with E-state index in [1.165, 1.54) is 12.1 Å². The number of halogens is 2. The molecule has 0 radical (unpaired) electrons. The Kier molecular flexibility index (Phi) is 4.04. The highest BCUT2D eigenvalue weighted by molar-refractivity contribution is 6.31. The molecule has 1 aliphatic rings. The average molecular weight is 286 g/mol. The molecule has 2 atom stereocenters. The highest BCUT2D eigenvalue weighted by Gasteiger charge is 2.34. The number of hydrogen-bond donors (Lipinski definition) is 2. The molecule has 1 aromatic carbocycles. The van der Waals surface area contributed by atoms with Gasteiger partial charge >= 0.3 is 5.97 Å². The molecular weight excluding hydrogens is 273 g/mol. The molecule has 0 heterocycles. The van der Waals surface area contributed by atoms with Crippen LogP contribution in [0.1, 0.15) is 29.6 Å². The SMILES string of the molecule is O=C(N[C@H]1CCC[C@H]1C(=O)O)c1ccc(F)c(Cl)c1. The number of aliphatic carboxylic acids is 1. The number of carbonyl (C=O) groups excluding carboxylic acids is 1. The van der Waals surface area contributed by atoms with Gasteiger partial charge in [0.05, 0.1) is 10.9 Å². The quantitative estimate of drug-likeness (QED) is 0.896. The van der Waals surface area contributed by atoms with E-state index in [1.54, 1.807) is 0 Å². The summed E-state index contributed by atoms with van der Waals surface area (Å²) < 4.78 is 13.0. The molecular formula is C13H13ClFNO3. The van der Waals surface area contributed by atoms with Crippen LogP contribution in [0.25, 0.3) is 0 Å². The molecule has 1 amide bonds. The van der Waals surface area contributed by atoms with Gasteiger partial charge in [0.1, 0.15) is 5.82 Å². The molecule has 102 valence electrons. The summed E-state index contributed by atoms with van der Waals surface area (Å²) >= 11 is 5.60. The Labute approximate surface area is 114 Å². The molecule has 6 heteroatoms. The second-order valence-electron chi connectivity index (χ2n) is 4.58. The van der Waals surface area contributed by atoms with Crippen molar-refractivity contribution < 1.29 is 19.1 Å². The smallest absolute Gasteiger partial charge is 0.308 e. The van der Waals surface area contributed by atoms with E-state index in [0.717, 1.165) is 12.5 Å². The number of amides is 1. The second-order valence-corrected chi connectivity index (χ2v) is 4.99. The third-order valence-corrected chi connectivity index (χ3v) is 3.62. The lowest BCUT2D eigenvalue weighted by Crippen LogP contribution is -2.40. The van der Waals surface area contributed by atoms with E-state index >= 15 is 0 Å². The topological polar surface area (TPSA) is 66.4 Å². The van der Waals surface area contributed by atoms with Crippen LogP contribution in [0.5, 0.6) is 0 Å². The number of carboxylic acid groups (broad SMARTS) is 1. The van der Waals surface area contributed by atoms with Crippen molar-refractivity contribution in [2.24, 2.45) is 5.92 Å². The Bertz CT molecular complexity index is 521. The van der Waals surface area contributed by atoms with Gasteiger partial charge in [-0.05, 0) is 31.0 Å². The van der Waals surface area contributed by atoms with E-state index in [9.17, 15) is 14.0 Å². The Morgan fingerprint density at radius 3 is 2.74 bits per heavy atom. The van der Waals surface area contributed by atoms with Crippen LogP contribution < -0.4 is 5.32 Å². The zero-order valence-electron chi connectivity index (χ0n) is 10.0. The van der Waals surface area contributed by atoms with E-state index in [2.05, 4.69) is 5.32 Å². The van der Waals surface area contributed by atoms with Gasteiger partial charge in [-0.2, -0.15) is 0 Å². The van der Waals surface area contributed by atoms with Gasteiger partial charge in [-0.3, -0.25) is 9.59 Å². The Balaban J connectivity index is 2.08. The molecule has 2 N–H and O–H groups in total. The highest BCUT2D eigenvalue weighted by Crippen LogP contribution is 2.26. The molecule has 2 rings (SSSR count). The van der Waals surface area contributed by atoms with Gasteiger partial charge in [0.15, 0.2) is 0 Å². The lowest BCUT2D eigenvalue weighted by Gasteiger charge is -2.17. The summed E-state index contributed by atoms with van der Waals surface area (Å²) in [4.78, 5) is 23.0. The number of hydrogen-bond acceptors (Lipinski definition) is 2. The molecule has 0 bridgehead atoms. The summed E-state index contributed by atoms with van der Waals surface area (Å²) in [6, 6.07) is 3.28. The number of benzene rings is 1. The molecule has 1 aromatic rings. The number of rotatable bonds is 3. The third kappa shape index (κ3) is 3.04. The summed E-state index contributed by atoms with van der Waals surface area (Å²) in [7, 11) is 0. The van der Waals surface area contributed by atoms with Gasteiger partial charge < -0.3 is 10.4 Å². The Morgan fingerprint density at radius 2 is 2.11 bits per heavy atom. The predicted octanol–water partition coefficient (Wildman–Crippen LogP) is 2.46. The van der Waals surface area contributed by atoms with Gasteiger partial charge in [-0.1, -0.05) is 18.0 Å². The summed E-state index contributed by atoms with van der Waals surface area (Å²) in [6.45, 7) is 0. The number of carbonyl (C=O) groups is 2. The number of nitrogens with one attached hydrogen (secondary N) is 1. The van der Waals surface area contributed by atoms with E-state index in [0.29, 0.717) is 12.8 Å². The molecule has 1 fully saturated rings. The maximum Gasteiger partial charge on any atom is 0.308 e. The van der Waals surface area contributed by atoms with Crippen LogP contribution in [-0.2, 0) is 4.79 Å². The maximum absolute atomic E-state index is 13.0. The summed E-state index contributed by atoms with van der Waals surface area (Å²) in [6.07, 6.45) is 1.97. The van der Waals surface area contributed by atoms with Crippen molar-refractivity contribution in [1.29, 1.82) is 0 Å². The fourth-order valence-corrected chi connectivity index (χ4v) is 2.50. The normalized spacial score (nSPS) is 22.2. The van der Waals surface area contributed by atoms with E-state index in [-0.39, 0.29) is 16.6 Å². The van der Waals surface area contributed by atoms with Crippen LogP contribution in [0.3, 0.4) is 0 Å². The van der Waals surface area contributed by atoms with Gasteiger partial charge in [0.25, 0.3) is 5.91 Å². The minimum absolute atomic E-state index is 0.131. The Morgan fingerprint density at radius 1 is 1.37 bits per heavy atom. The van der Waals surface area contributed by atoms with E-state index in [1.807, 2.05) is 0 Å². The fraction of sp³-hybridized carbons (Fsp3) is 0.385. The number of carboxylic acids is 1. The molecule has 0 saturated heterocycles. The first-order chi connectivity index (χ1) is 8.99. The molecule has 0 unspecified atom stereocenters. The monoisotopic (exact) mass is 285 g/mol. The van der Waals surface area contributed by atoms with E-state index < -0.39 is 23.6 Å². The van der Waals surface area contributed by atoms with Crippen molar-refractivity contribution in [2.75, 3.05) is 0 Å². The predicted molar refractivity (Wildman–Crippen MR) is 67.6 cm³/mol. The van der Waals surface area contributed by atoms with Crippen molar-refractivity contribution in [2.45, 2.75) is 25.3 Å². The van der Waals surface area contributed by atoms with Gasteiger partial charge in [-0.15, -0.1) is 0 Å². The van der Waals surface area contributed by atoms with Crippen molar-refractivity contribution in [3.63, 3.8) is 0 Å². The molecule has 1 aliphatic carbocycles. The summed E-state index contributed by atoms with van der Waals surface area (Å²) in [5, 5.41) is 11.6. The highest BCUT2D eigenvalue weighted by atomic mass is 35.5. The van der Waals surface area contributed by atoms with Crippen LogP contribution in [0.2, 0.25) is 5.02 Å². The van der Waals surface area contributed by atoms with Crippen LogP contribution in [0.15, 0.2) is 18.2 Å². The summed E-state index contributed by atoms with van der Waals surface area (Å²) in [5.74, 6) is -2.48. The van der Waals surface area contributed by atoms with Crippen LogP contribution in [0, 0.1) is 11.7 Å². The van der Waals surface area contributed by atoms with Crippen molar-refractivity contribution in [1.82, 2.24) is 5.32 Å². The minimum Gasteiger partial charge on any atom is -0.481 e. The van der Waals surface area contributed by atoms with Crippen LogP contribution in [0.4, 0.5) is 4.39 Å². The molecule has 0 aliphatic heterocycles. The third-order valence-electron chi connectivity index (χ3n) is 3.33. The first-order valence-corrected chi connectivity index (χ1v) is 6.35. The lowest BCUT2D eigenvalue weighted by atomic mass is 10.0. The van der Waals surface area contributed by atoms with Crippen molar-refractivity contribution in [3.8, 4) is 0 Å².